The molecule has 9 heteroatoms. The van der Waals surface area contributed by atoms with E-state index in [0.717, 1.165) is 17.8 Å². The molecular formula is C18H19F2N3O3S. The van der Waals surface area contributed by atoms with Crippen molar-refractivity contribution >= 4 is 15.7 Å². The lowest BCUT2D eigenvalue weighted by atomic mass is 10.2. The van der Waals surface area contributed by atoms with E-state index in [1.807, 2.05) is 18.2 Å². The van der Waals surface area contributed by atoms with Crippen molar-refractivity contribution in [3.05, 3.63) is 59.9 Å². The van der Waals surface area contributed by atoms with E-state index < -0.39 is 20.5 Å². The zero-order chi connectivity index (χ0) is 19.4. The van der Waals surface area contributed by atoms with Gasteiger partial charge in [-0.15, -0.1) is 0 Å². The van der Waals surface area contributed by atoms with E-state index in [1.54, 1.807) is 11.1 Å². The molecule has 1 aromatic heterocycles. The molecule has 0 atom stereocenters. The van der Waals surface area contributed by atoms with Gasteiger partial charge in [0.2, 0.25) is 9.84 Å². The Morgan fingerprint density at radius 2 is 1.70 bits per heavy atom. The lowest BCUT2D eigenvalue weighted by molar-refractivity contribution is 0.0627. The summed E-state index contributed by atoms with van der Waals surface area (Å²) in [5, 5.41) is 0. The number of alkyl halides is 2. The number of benzene rings is 1. The summed E-state index contributed by atoms with van der Waals surface area (Å²) in [7, 11) is -4.65. The standard InChI is InChI=1S/C18H19F2N3O3S/c19-18(20)27(25,26)16-6-4-14(5-7-16)17(24)23-11-9-22(10-12-23)13-15-3-1-2-8-21-15/h1-8,18H,9-13H2. The van der Waals surface area contributed by atoms with Crippen LogP contribution in [-0.4, -0.2) is 61.0 Å². The molecule has 2 heterocycles. The number of carbonyl (C=O) groups is 1. The quantitative estimate of drug-likeness (QED) is 0.775. The molecule has 1 aliphatic rings. The van der Waals surface area contributed by atoms with Gasteiger partial charge in [0.15, 0.2) is 0 Å². The molecule has 0 bridgehead atoms. The summed E-state index contributed by atoms with van der Waals surface area (Å²) < 4.78 is 48.0. The van der Waals surface area contributed by atoms with Crippen molar-refractivity contribution in [3.8, 4) is 0 Å². The third-order valence-corrected chi connectivity index (χ3v) is 5.83. The summed E-state index contributed by atoms with van der Waals surface area (Å²) in [6.07, 6.45) is 1.74. The van der Waals surface area contributed by atoms with Gasteiger partial charge >= 0.3 is 5.76 Å². The number of nitrogens with zero attached hydrogens (tertiary/aromatic N) is 3. The first-order valence-corrected chi connectivity index (χ1v) is 9.96. The summed E-state index contributed by atoms with van der Waals surface area (Å²) in [6, 6.07) is 10.4. The molecule has 27 heavy (non-hydrogen) atoms. The number of piperazine rings is 1. The summed E-state index contributed by atoms with van der Waals surface area (Å²) >= 11 is 0. The molecule has 6 nitrogen and oxygen atoms in total. The lowest BCUT2D eigenvalue weighted by Crippen LogP contribution is -2.48. The molecule has 1 fully saturated rings. The second-order valence-electron chi connectivity index (χ2n) is 6.22. The molecule has 1 amide bonds. The monoisotopic (exact) mass is 395 g/mol. The van der Waals surface area contributed by atoms with Gasteiger partial charge in [0.25, 0.3) is 5.91 Å². The molecule has 0 N–H and O–H groups in total. The van der Waals surface area contributed by atoms with Crippen LogP contribution in [0.2, 0.25) is 0 Å². The first-order valence-electron chi connectivity index (χ1n) is 8.41. The summed E-state index contributed by atoms with van der Waals surface area (Å²) in [6.45, 7) is 3.16. The minimum absolute atomic E-state index is 0.242. The maximum absolute atomic E-state index is 12.6. The number of sulfone groups is 1. The topological polar surface area (TPSA) is 70.6 Å². The van der Waals surface area contributed by atoms with Crippen LogP contribution in [0.15, 0.2) is 53.6 Å². The Morgan fingerprint density at radius 3 is 2.26 bits per heavy atom. The Morgan fingerprint density at radius 1 is 1.04 bits per heavy atom. The van der Waals surface area contributed by atoms with E-state index in [0.29, 0.717) is 32.7 Å². The molecular weight excluding hydrogens is 376 g/mol. The van der Waals surface area contributed by atoms with Crippen LogP contribution in [0.25, 0.3) is 0 Å². The predicted molar refractivity (Wildman–Crippen MR) is 95.0 cm³/mol. The van der Waals surface area contributed by atoms with Crippen LogP contribution in [0, 0.1) is 0 Å². The number of amides is 1. The molecule has 144 valence electrons. The third kappa shape index (κ3) is 4.48. The fourth-order valence-corrected chi connectivity index (χ4v) is 3.62. The maximum Gasteiger partial charge on any atom is 0.341 e. The SMILES string of the molecule is O=C(c1ccc(S(=O)(=O)C(F)F)cc1)N1CCN(Cc2ccccn2)CC1. The van der Waals surface area contributed by atoms with Crippen LogP contribution in [0.4, 0.5) is 8.78 Å². The third-order valence-electron chi connectivity index (χ3n) is 4.44. The highest BCUT2D eigenvalue weighted by atomic mass is 32.2. The van der Waals surface area contributed by atoms with E-state index in [9.17, 15) is 22.0 Å². The Balaban J connectivity index is 1.59. The molecule has 0 radical (unpaired) electrons. The van der Waals surface area contributed by atoms with Gasteiger partial charge in [0.05, 0.1) is 10.6 Å². The molecule has 2 aromatic rings. The van der Waals surface area contributed by atoms with Gasteiger partial charge in [-0.1, -0.05) is 6.07 Å². The maximum atomic E-state index is 12.6. The zero-order valence-corrected chi connectivity index (χ0v) is 15.3. The van der Waals surface area contributed by atoms with Crippen molar-refractivity contribution in [1.82, 2.24) is 14.8 Å². The molecule has 3 rings (SSSR count). The van der Waals surface area contributed by atoms with Crippen LogP contribution in [0.3, 0.4) is 0 Å². The second kappa shape index (κ2) is 8.10. The van der Waals surface area contributed by atoms with Gasteiger partial charge in [-0.2, -0.15) is 8.78 Å². The number of hydrogen-bond donors (Lipinski definition) is 0. The molecule has 0 unspecified atom stereocenters. The minimum Gasteiger partial charge on any atom is -0.336 e. The highest BCUT2D eigenvalue weighted by Crippen LogP contribution is 2.19. The molecule has 1 aromatic carbocycles. The number of carbonyl (C=O) groups excluding carboxylic acids is 1. The van der Waals surface area contributed by atoms with Gasteiger partial charge < -0.3 is 4.90 Å². The number of pyridine rings is 1. The van der Waals surface area contributed by atoms with E-state index in [1.165, 1.54) is 12.1 Å². The Labute approximate surface area is 156 Å². The van der Waals surface area contributed by atoms with Gasteiger partial charge in [-0.25, -0.2) is 8.42 Å². The summed E-state index contributed by atoms with van der Waals surface area (Å²) in [5.74, 6) is -3.72. The molecule has 0 aliphatic carbocycles. The van der Waals surface area contributed by atoms with Crippen molar-refractivity contribution in [3.63, 3.8) is 0 Å². The number of aromatic nitrogens is 1. The normalized spacial score (nSPS) is 15.9. The van der Waals surface area contributed by atoms with Gasteiger partial charge in [-0.05, 0) is 36.4 Å². The van der Waals surface area contributed by atoms with Crippen LogP contribution >= 0.6 is 0 Å². The predicted octanol–water partition coefficient (Wildman–Crippen LogP) is 2.04. The highest BCUT2D eigenvalue weighted by Gasteiger charge is 2.27. The fourth-order valence-electron chi connectivity index (χ4n) is 2.90. The van der Waals surface area contributed by atoms with Gasteiger partial charge in [-0.3, -0.25) is 14.7 Å². The average molecular weight is 395 g/mol. The van der Waals surface area contributed by atoms with Crippen molar-refractivity contribution < 1.29 is 22.0 Å². The lowest BCUT2D eigenvalue weighted by Gasteiger charge is -2.34. The van der Waals surface area contributed by atoms with Gasteiger partial charge in [0, 0.05) is 44.5 Å². The summed E-state index contributed by atoms with van der Waals surface area (Å²) in [5.41, 5.74) is 1.24. The molecule has 1 saturated heterocycles. The van der Waals surface area contributed by atoms with Crippen molar-refractivity contribution in [2.24, 2.45) is 0 Å². The summed E-state index contributed by atoms with van der Waals surface area (Å²) in [4.78, 5) is 20.2. The van der Waals surface area contributed by atoms with E-state index in [-0.39, 0.29) is 11.5 Å². The average Bonchev–Trinajstić information content (AvgIpc) is 2.69. The van der Waals surface area contributed by atoms with Crippen molar-refractivity contribution in [2.45, 2.75) is 17.2 Å². The van der Waals surface area contributed by atoms with E-state index in [4.69, 9.17) is 0 Å². The zero-order valence-electron chi connectivity index (χ0n) is 14.5. The fraction of sp³-hybridized carbons (Fsp3) is 0.333. The Bertz CT molecular complexity index is 882. The van der Waals surface area contributed by atoms with E-state index >= 15 is 0 Å². The van der Waals surface area contributed by atoms with Crippen LogP contribution in [-0.2, 0) is 16.4 Å². The first kappa shape index (κ1) is 19.4. The first-order chi connectivity index (χ1) is 12.9. The number of halogens is 2. The smallest absolute Gasteiger partial charge is 0.336 e. The highest BCUT2D eigenvalue weighted by molar-refractivity contribution is 7.91. The van der Waals surface area contributed by atoms with Crippen molar-refractivity contribution in [2.75, 3.05) is 26.2 Å². The molecule has 1 aliphatic heterocycles. The Kier molecular flexibility index (Phi) is 5.81. The Hall–Kier alpha value is -2.39. The largest absolute Gasteiger partial charge is 0.341 e. The molecule has 0 saturated carbocycles. The molecule has 0 spiro atoms. The number of rotatable bonds is 5. The van der Waals surface area contributed by atoms with E-state index in [2.05, 4.69) is 9.88 Å². The second-order valence-corrected chi connectivity index (χ2v) is 8.14. The minimum atomic E-state index is -4.65. The van der Waals surface area contributed by atoms with Crippen LogP contribution in [0.5, 0.6) is 0 Å². The van der Waals surface area contributed by atoms with Crippen LogP contribution in [0.1, 0.15) is 16.1 Å². The number of hydrogen-bond acceptors (Lipinski definition) is 5. The van der Waals surface area contributed by atoms with Crippen LogP contribution < -0.4 is 0 Å². The van der Waals surface area contributed by atoms with Gasteiger partial charge in [0.1, 0.15) is 0 Å². The van der Waals surface area contributed by atoms with Crippen molar-refractivity contribution in [1.29, 1.82) is 0 Å².